The van der Waals surface area contributed by atoms with Crippen molar-refractivity contribution in [3.8, 4) is 6.07 Å². The third-order valence-corrected chi connectivity index (χ3v) is 2.90. The Labute approximate surface area is 90.5 Å². The second-order valence-electron chi connectivity index (χ2n) is 3.70. The number of nitrogens with zero attached hydrogens (tertiary/aromatic N) is 1. The van der Waals surface area contributed by atoms with E-state index in [4.69, 9.17) is 5.26 Å². The third-order valence-electron chi connectivity index (χ3n) is 2.90. The Bertz CT molecular complexity index is 350. The summed E-state index contributed by atoms with van der Waals surface area (Å²) in [6, 6.07) is 8.79. The SMILES string of the molecule is CCC(CC)C(C#N)c1ccccc1F. The van der Waals surface area contributed by atoms with Crippen LogP contribution < -0.4 is 0 Å². The maximum absolute atomic E-state index is 13.5. The molecule has 0 aliphatic carbocycles. The monoisotopic (exact) mass is 205 g/mol. The average molecular weight is 205 g/mol. The number of halogens is 1. The van der Waals surface area contributed by atoms with Crippen LogP contribution in [0.25, 0.3) is 0 Å². The molecule has 0 saturated carbocycles. The Kier molecular flexibility index (Phi) is 4.30. The highest BCUT2D eigenvalue weighted by Crippen LogP contribution is 2.30. The molecule has 0 amide bonds. The van der Waals surface area contributed by atoms with Gasteiger partial charge in [0, 0.05) is 5.56 Å². The Hall–Kier alpha value is -1.36. The molecule has 0 heterocycles. The first-order valence-electron chi connectivity index (χ1n) is 5.38. The van der Waals surface area contributed by atoms with Crippen molar-refractivity contribution >= 4 is 0 Å². The van der Waals surface area contributed by atoms with Gasteiger partial charge in [-0.1, -0.05) is 44.9 Å². The third kappa shape index (κ3) is 2.56. The van der Waals surface area contributed by atoms with Gasteiger partial charge in [-0.3, -0.25) is 0 Å². The number of rotatable bonds is 4. The zero-order valence-corrected chi connectivity index (χ0v) is 9.20. The second-order valence-corrected chi connectivity index (χ2v) is 3.70. The van der Waals surface area contributed by atoms with Gasteiger partial charge in [-0.2, -0.15) is 5.26 Å². The van der Waals surface area contributed by atoms with Gasteiger partial charge in [0.15, 0.2) is 0 Å². The van der Waals surface area contributed by atoms with E-state index in [9.17, 15) is 4.39 Å². The lowest BCUT2D eigenvalue weighted by Gasteiger charge is -2.19. The summed E-state index contributed by atoms with van der Waals surface area (Å²) in [5.41, 5.74) is 0.536. The molecule has 1 rings (SSSR count). The van der Waals surface area contributed by atoms with E-state index >= 15 is 0 Å². The van der Waals surface area contributed by atoms with Crippen LogP contribution in [-0.4, -0.2) is 0 Å². The van der Waals surface area contributed by atoms with Crippen molar-refractivity contribution in [1.82, 2.24) is 0 Å². The zero-order valence-electron chi connectivity index (χ0n) is 9.20. The Morgan fingerprint density at radius 2 is 1.87 bits per heavy atom. The molecule has 0 bridgehead atoms. The molecule has 15 heavy (non-hydrogen) atoms. The first-order chi connectivity index (χ1) is 7.24. The van der Waals surface area contributed by atoms with Gasteiger partial charge in [-0.05, 0) is 12.0 Å². The van der Waals surface area contributed by atoms with Gasteiger partial charge in [-0.25, -0.2) is 4.39 Å². The molecule has 1 unspecified atom stereocenters. The van der Waals surface area contributed by atoms with E-state index in [2.05, 4.69) is 6.07 Å². The summed E-state index contributed by atoms with van der Waals surface area (Å²) in [6.45, 7) is 4.08. The van der Waals surface area contributed by atoms with Gasteiger partial charge in [0.1, 0.15) is 5.82 Å². The molecule has 0 fully saturated rings. The first kappa shape index (κ1) is 11.7. The van der Waals surface area contributed by atoms with Gasteiger partial charge < -0.3 is 0 Å². The molecule has 1 nitrogen and oxygen atoms in total. The highest BCUT2D eigenvalue weighted by molar-refractivity contribution is 5.27. The lowest BCUT2D eigenvalue weighted by atomic mass is 9.83. The largest absolute Gasteiger partial charge is 0.207 e. The summed E-state index contributed by atoms with van der Waals surface area (Å²) in [4.78, 5) is 0. The van der Waals surface area contributed by atoms with Gasteiger partial charge in [0.25, 0.3) is 0 Å². The van der Waals surface area contributed by atoms with Gasteiger partial charge >= 0.3 is 0 Å². The minimum absolute atomic E-state index is 0.242. The van der Waals surface area contributed by atoms with Crippen molar-refractivity contribution in [3.05, 3.63) is 35.6 Å². The number of benzene rings is 1. The summed E-state index contributed by atoms with van der Waals surface area (Å²) in [6.07, 6.45) is 1.81. The predicted octanol–water partition coefficient (Wildman–Crippen LogP) is 3.87. The van der Waals surface area contributed by atoms with Crippen LogP contribution in [0, 0.1) is 23.1 Å². The molecule has 0 aromatic heterocycles. The summed E-state index contributed by atoms with van der Waals surface area (Å²) in [5, 5.41) is 9.12. The van der Waals surface area contributed by atoms with Crippen LogP contribution in [0.3, 0.4) is 0 Å². The smallest absolute Gasteiger partial charge is 0.127 e. The molecule has 0 N–H and O–H groups in total. The maximum Gasteiger partial charge on any atom is 0.127 e. The molecule has 80 valence electrons. The summed E-state index contributed by atoms with van der Waals surface area (Å²) in [7, 11) is 0. The topological polar surface area (TPSA) is 23.8 Å². The fourth-order valence-corrected chi connectivity index (χ4v) is 1.92. The van der Waals surface area contributed by atoms with Crippen LogP contribution in [0.15, 0.2) is 24.3 Å². The van der Waals surface area contributed by atoms with Gasteiger partial charge in [0.05, 0.1) is 12.0 Å². The molecular formula is C13H16FN. The normalized spacial score (nSPS) is 12.5. The van der Waals surface area contributed by atoms with Crippen molar-refractivity contribution in [2.24, 2.45) is 5.92 Å². The van der Waals surface area contributed by atoms with E-state index in [0.717, 1.165) is 12.8 Å². The highest BCUT2D eigenvalue weighted by Gasteiger charge is 2.22. The maximum atomic E-state index is 13.5. The van der Waals surface area contributed by atoms with Crippen LogP contribution in [0.5, 0.6) is 0 Å². The van der Waals surface area contributed by atoms with E-state index in [1.165, 1.54) is 6.07 Å². The van der Waals surface area contributed by atoms with E-state index in [-0.39, 0.29) is 17.7 Å². The Morgan fingerprint density at radius 3 is 2.33 bits per heavy atom. The molecule has 0 radical (unpaired) electrons. The van der Waals surface area contributed by atoms with Crippen molar-refractivity contribution in [1.29, 1.82) is 5.26 Å². The summed E-state index contributed by atoms with van der Waals surface area (Å²) in [5.74, 6) is -0.343. The number of nitriles is 1. The minimum atomic E-state index is -0.318. The molecule has 0 spiro atoms. The lowest BCUT2D eigenvalue weighted by Crippen LogP contribution is -2.11. The Balaban J connectivity index is 3.03. The summed E-state index contributed by atoms with van der Waals surface area (Å²) < 4.78 is 13.5. The first-order valence-corrected chi connectivity index (χ1v) is 5.38. The van der Waals surface area contributed by atoms with E-state index < -0.39 is 0 Å². The minimum Gasteiger partial charge on any atom is -0.207 e. The molecular weight excluding hydrogens is 189 g/mol. The average Bonchev–Trinajstić information content (AvgIpc) is 2.27. The van der Waals surface area contributed by atoms with Crippen molar-refractivity contribution in [2.75, 3.05) is 0 Å². The summed E-state index contributed by atoms with van der Waals surface area (Å²) >= 11 is 0. The van der Waals surface area contributed by atoms with Gasteiger partial charge in [0.2, 0.25) is 0 Å². The second kappa shape index (κ2) is 5.50. The fourth-order valence-electron chi connectivity index (χ4n) is 1.92. The quantitative estimate of drug-likeness (QED) is 0.732. The molecule has 0 aliphatic rings. The fraction of sp³-hybridized carbons (Fsp3) is 0.462. The lowest BCUT2D eigenvalue weighted by molar-refractivity contribution is 0.440. The highest BCUT2D eigenvalue weighted by atomic mass is 19.1. The van der Waals surface area contributed by atoms with Crippen molar-refractivity contribution < 1.29 is 4.39 Å². The molecule has 0 aliphatic heterocycles. The van der Waals surface area contributed by atoms with E-state index in [0.29, 0.717) is 5.56 Å². The number of hydrogen-bond donors (Lipinski definition) is 0. The van der Waals surface area contributed by atoms with E-state index in [1.54, 1.807) is 18.2 Å². The van der Waals surface area contributed by atoms with Crippen LogP contribution >= 0.6 is 0 Å². The standard InChI is InChI=1S/C13H16FN/c1-3-10(4-2)12(9-15)11-7-5-6-8-13(11)14/h5-8,10,12H,3-4H2,1-2H3. The van der Waals surface area contributed by atoms with Crippen LogP contribution in [0.1, 0.15) is 38.2 Å². The van der Waals surface area contributed by atoms with Crippen LogP contribution in [0.4, 0.5) is 4.39 Å². The van der Waals surface area contributed by atoms with Gasteiger partial charge in [-0.15, -0.1) is 0 Å². The van der Waals surface area contributed by atoms with E-state index in [1.807, 2.05) is 13.8 Å². The molecule has 1 aromatic rings. The molecule has 0 saturated heterocycles. The molecule has 1 atom stereocenters. The molecule has 2 heteroatoms. The predicted molar refractivity (Wildman–Crippen MR) is 58.8 cm³/mol. The van der Waals surface area contributed by atoms with Crippen molar-refractivity contribution in [3.63, 3.8) is 0 Å². The Morgan fingerprint density at radius 1 is 1.27 bits per heavy atom. The van der Waals surface area contributed by atoms with Crippen LogP contribution in [0.2, 0.25) is 0 Å². The molecule has 1 aromatic carbocycles. The van der Waals surface area contributed by atoms with Crippen molar-refractivity contribution in [2.45, 2.75) is 32.6 Å². The van der Waals surface area contributed by atoms with Crippen LogP contribution in [-0.2, 0) is 0 Å². The number of hydrogen-bond acceptors (Lipinski definition) is 1. The zero-order chi connectivity index (χ0) is 11.3.